The van der Waals surface area contributed by atoms with E-state index in [2.05, 4.69) is 21.1 Å². The molecular formula is C10H9N2Se. The summed E-state index contributed by atoms with van der Waals surface area (Å²) in [7, 11) is 0. The van der Waals surface area contributed by atoms with Crippen LogP contribution in [0, 0.1) is 6.92 Å². The van der Waals surface area contributed by atoms with E-state index in [0.717, 1.165) is 16.0 Å². The SMILES string of the molecule is Cc1cc([Se])n(-c2ccccc2)n1. The van der Waals surface area contributed by atoms with Gasteiger partial charge in [0.1, 0.15) is 0 Å². The van der Waals surface area contributed by atoms with Crippen LogP contribution in [0.5, 0.6) is 0 Å². The first-order valence-corrected chi connectivity index (χ1v) is 4.92. The third kappa shape index (κ3) is 1.67. The zero-order valence-electron chi connectivity index (χ0n) is 7.27. The van der Waals surface area contributed by atoms with Crippen LogP contribution in [0.3, 0.4) is 0 Å². The molecule has 0 amide bonds. The number of rotatable bonds is 1. The summed E-state index contributed by atoms with van der Waals surface area (Å²) in [5.74, 6) is 0. The van der Waals surface area contributed by atoms with Crippen molar-refractivity contribution in [2.45, 2.75) is 6.92 Å². The molecule has 0 atom stereocenters. The molecular weight excluding hydrogens is 227 g/mol. The number of hydrogen-bond donors (Lipinski definition) is 0. The van der Waals surface area contributed by atoms with Crippen LogP contribution in [0.15, 0.2) is 36.4 Å². The van der Waals surface area contributed by atoms with Crippen molar-refractivity contribution in [3.63, 3.8) is 0 Å². The van der Waals surface area contributed by atoms with Gasteiger partial charge in [0, 0.05) is 0 Å². The van der Waals surface area contributed by atoms with Gasteiger partial charge < -0.3 is 0 Å². The van der Waals surface area contributed by atoms with Crippen molar-refractivity contribution in [2.75, 3.05) is 0 Å². The Morgan fingerprint density at radius 3 is 2.46 bits per heavy atom. The van der Waals surface area contributed by atoms with E-state index < -0.39 is 0 Å². The molecule has 0 saturated heterocycles. The molecule has 0 unspecified atom stereocenters. The van der Waals surface area contributed by atoms with Crippen molar-refractivity contribution < 1.29 is 0 Å². The van der Waals surface area contributed by atoms with Gasteiger partial charge in [0.25, 0.3) is 0 Å². The van der Waals surface area contributed by atoms with Crippen molar-refractivity contribution >= 4 is 20.6 Å². The average molecular weight is 236 g/mol. The van der Waals surface area contributed by atoms with Gasteiger partial charge in [-0.25, -0.2) is 0 Å². The van der Waals surface area contributed by atoms with Crippen molar-refractivity contribution in [3.8, 4) is 5.69 Å². The fourth-order valence-electron chi connectivity index (χ4n) is 1.23. The van der Waals surface area contributed by atoms with Crippen molar-refractivity contribution in [2.24, 2.45) is 0 Å². The van der Waals surface area contributed by atoms with E-state index in [0.29, 0.717) is 0 Å². The van der Waals surface area contributed by atoms with Gasteiger partial charge in [-0.2, -0.15) is 0 Å². The molecule has 2 aromatic rings. The molecule has 1 radical (unpaired) electrons. The van der Waals surface area contributed by atoms with Gasteiger partial charge in [0.2, 0.25) is 0 Å². The molecule has 0 aliphatic heterocycles. The molecule has 1 aromatic carbocycles. The molecule has 3 heteroatoms. The number of aromatic nitrogens is 2. The molecule has 1 aromatic heterocycles. The molecule has 65 valence electrons. The monoisotopic (exact) mass is 237 g/mol. The van der Waals surface area contributed by atoms with Gasteiger partial charge in [0.15, 0.2) is 0 Å². The van der Waals surface area contributed by atoms with E-state index in [1.165, 1.54) is 0 Å². The van der Waals surface area contributed by atoms with Crippen LogP contribution in [-0.4, -0.2) is 25.8 Å². The third-order valence-corrected chi connectivity index (χ3v) is 2.41. The minimum atomic E-state index is 1.03. The Morgan fingerprint density at radius 2 is 1.92 bits per heavy atom. The summed E-state index contributed by atoms with van der Waals surface area (Å²) >= 11 is 2.99. The summed E-state index contributed by atoms with van der Waals surface area (Å²) in [5, 5.41) is 4.37. The zero-order chi connectivity index (χ0) is 9.26. The molecule has 2 nitrogen and oxygen atoms in total. The normalized spacial score (nSPS) is 10.2. The Hall–Kier alpha value is -1.05. The first kappa shape index (κ1) is 8.54. The molecule has 0 spiro atoms. The van der Waals surface area contributed by atoms with Crippen LogP contribution in [0.4, 0.5) is 0 Å². The van der Waals surface area contributed by atoms with Gasteiger partial charge in [-0.1, -0.05) is 0 Å². The number of nitrogens with zero attached hydrogens (tertiary/aromatic N) is 2. The Kier molecular flexibility index (Phi) is 2.21. The second-order valence-corrected chi connectivity index (χ2v) is 3.75. The molecule has 0 N–H and O–H groups in total. The van der Waals surface area contributed by atoms with Gasteiger partial charge in [-0.3, -0.25) is 0 Å². The third-order valence-electron chi connectivity index (χ3n) is 1.80. The first-order chi connectivity index (χ1) is 6.27. The minimum absolute atomic E-state index is 1.03. The average Bonchev–Trinajstić information content (AvgIpc) is 2.47. The van der Waals surface area contributed by atoms with Crippen LogP contribution in [0.2, 0.25) is 0 Å². The fraction of sp³-hybridized carbons (Fsp3) is 0.100. The summed E-state index contributed by atoms with van der Waals surface area (Å²) in [6.45, 7) is 1.99. The van der Waals surface area contributed by atoms with Crippen LogP contribution in [-0.2, 0) is 0 Å². The Bertz CT molecular complexity index is 406. The molecule has 1 heterocycles. The summed E-state index contributed by atoms with van der Waals surface area (Å²) in [5.41, 5.74) is 2.11. The Labute approximate surface area is 85.4 Å². The molecule has 2 rings (SSSR count). The summed E-state index contributed by atoms with van der Waals surface area (Å²) in [4.78, 5) is 0. The van der Waals surface area contributed by atoms with Crippen molar-refractivity contribution in [1.82, 2.24) is 9.78 Å². The summed E-state index contributed by atoms with van der Waals surface area (Å²) < 4.78 is 2.94. The summed E-state index contributed by atoms with van der Waals surface area (Å²) in [6.07, 6.45) is 0. The molecule has 0 aliphatic carbocycles. The second-order valence-electron chi connectivity index (χ2n) is 2.87. The van der Waals surface area contributed by atoms with Gasteiger partial charge in [-0.15, -0.1) is 0 Å². The molecule has 0 bridgehead atoms. The van der Waals surface area contributed by atoms with Crippen LogP contribution >= 0.6 is 0 Å². The van der Waals surface area contributed by atoms with Gasteiger partial charge in [0.05, 0.1) is 0 Å². The second kappa shape index (κ2) is 3.36. The quantitative estimate of drug-likeness (QED) is 0.675. The number of para-hydroxylation sites is 1. The van der Waals surface area contributed by atoms with Crippen LogP contribution in [0.1, 0.15) is 5.69 Å². The maximum atomic E-state index is 4.37. The van der Waals surface area contributed by atoms with E-state index in [1.54, 1.807) is 0 Å². The Balaban J connectivity index is 2.53. The first-order valence-electron chi connectivity index (χ1n) is 4.06. The topological polar surface area (TPSA) is 17.8 Å². The van der Waals surface area contributed by atoms with Gasteiger partial charge >= 0.3 is 85.1 Å². The maximum absolute atomic E-state index is 4.37. The zero-order valence-corrected chi connectivity index (χ0v) is 8.98. The molecule has 0 aliphatic rings. The molecule has 13 heavy (non-hydrogen) atoms. The van der Waals surface area contributed by atoms with Crippen molar-refractivity contribution in [3.05, 3.63) is 42.1 Å². The predicted octanol–water partition coefficient (Wildman–Crippen LogP) is 0.975. The van der Waals surface area contributed by atoms with E-state index in [4.69, 9.17) is 0 Å². The fourth-order valence-corrected chi connectivity index (χ4v) is 1.89. The van der Waals surface area contributed by atoms with Crippen LogP contribution in [0.25, 0.3) is 5.69 Å². The standard InChI is InChI=1S/C10H9N2Se/c1-8-7-10(13)12(11-8)9-5-3-2-4-6-9/h2-7H,1H3. The molecule has 0 saturated carbocycles. The predicted molar refractivity (Wildman–Crippen MR) is 53.7 cm³/mol. The molecule has 0 fully saturated rings. The van der Waals surface area contributed by atoms with E-state index in [-0.39, 0.29) is 0 Å². The van der Waals surface area contributed by atoms with Crippen LogP contribution < -0.4 is 4.59 Å². The number of hydrogen-bond acceptors (Lipinski definition) is 1. The van der Waals surface area contributed by atoms with E-state index in [9.17, 15) is 0 Å². The van der Waals surface area contributed by atoms with Gasteiger partial charge in [-0.05, 0) is 0 Å². The summed E-state index contributed by atoms with van der Waals surface area (Å²) in [6, 6.07) is 12.1. The Morgan fingerprint density at radius 1 is 1.23 bits per heavy atom. The number of benzene rings is 1. The van der Waals surface area contributed by atoms with E-state index in [1.807, 2.05) is 48.0 Å². The number of aryl methyl sites for hydroxylation is 1. The van der Waals surface area contributed by atoms with Crippen molar-refractivity contribution in [1.29, 1.82) is 0 Å². The van der Waals surface area contributed by atoms with E-state index >= 15 is 0 Å².